The summed E-state index contributed by atoms with van der Waals surface area (Å²) in [7, 11) is 7.11. The number of rotatable bonds is 5. The van der Waals surface area contributed by atoms with Gasteiger partial charge in [0.25, 0.3) is 0 Å². The highest BCUT2D eigenvalue weighted by molar-refractivity contribution is 5.54. The zero-order valence-corrected chi connectivity index (χ0v) is 13.6. The fourth-order valence-electron chi connectivity index (χ4n) is 2.81. The number of ether oxygens (including phenoxy) is 3. The van der Waals surface area contributed by atoms with E-state index in [0.29, 0.717) is 11.8 Å². The average molecular weight is 291 g/mol. The van der Waals surface area contributed by atoms with Gasteiger partial charge in [-0.05, 0) is 44.5 Å². The van der Waals surface area contributed by atoms with E-state index in [-0.39, 0.29) is 0 Å². The first-order chi connectivity index (χ1) is 10.1. The zero-order chi connectivity index (χ0) is 15.4. The van der Waals surface area contributed by atoms with Crippen LogP contribution in [0, 0.1) is 0 Å². The molecule has 0 saturated heterocycles. The summed E-state index contributed by atoms with van der Waals surface area (Å²) >= 11 is 0. The molecule has 0 aliphatic carbocycles. The second-order valence-electron chi connectivity index (χ2n) is 5.59. The lowest BCUT2D eigenvalue weighted by atomic mass is 9.95. The van der Waals surface area contributed by atoms with E-state index >= 15 is 0 Å². The highest BCUT2D eigenvalue weighted by atomic mass is 16.5. The van der Waals surface area contributed by atoms with Crippen molar-refractivity contribution in [3.8, 4) is 17.2 Å². The van der Waals surface area contributed by atoms with Crippen LogP contribution in [-0.2, 0) is 6.42 Å². The van der Waals surface area contributed by atoms with Crippen LogP contribution in [0.4, 0.5) is 0 Å². The Balaban J connectivity index is 2.26. The predicted molar refractivity (Wildman–Crippen MR) is 84.6 cm³/mol. The monoisotopic (exact) mass is 291 g/mol. The number of hydrogen-bond donors (Lipinski definition) is 0. The molecule has 1 aromatic carbocycles. The first-order valence-corrected chi connectivity index (χ1v) is 7.23. The molecule has 0 N–H and O–H groups in total. The highest BCUT2D eigenvalue weighted by Crippen LogP contribution is 2.38. The third-order valence-corrected chi connectivity index (χ3v) is 4.10. The first kappa shape index (κ1) is 15.7. The second-order valence-corrected chi connectivity index (χ2v) is 5.59. The molecule has 0 fully saturated rings. The van der Waals surface area contributed by atoms with Gasteiger partial charge in [0.15, 0.2) is 11.5 Å². The largest absolute Gasteiger partial charge is 0.493 e. The number of nitrogens with zero attached hydrogens (tertiary/aromatic N) is 1. The minimum atomic E-state index is 0.512. The summed E-state index contributed by atoms with van der Waals surface area (Å²) in [5, 5.41) is 0. The van der Waals surface area contributed by atoms with Gasteiger partial charge in [-0.3, -0.25) is 4.90 Å². The molecule has 4 nitrogen and oxygen atoms in total. The van der Waals surface area contributed by atoms with Crippen LogP contribution < -0.4 is 14.2 Å². The molecule has 1 aliphatic heterocycles. The van der Waals surface area contributed by atoms with E-state index in [1.54, 1.807) is 21.3 Å². The minimum absolute atomic E-state index is 0.512. The second kappa shape index (κ2) is 6.85. The fourth-order valence-corrected chi connectivity index (χ4v) is 2.81. The standard InChI is InChI=1S/C17H25NO3/c1-12-6-7-18(2)14(8-12)9-13-10-15(19-3)17(21-5)16(11-13)20-4/h6,10-11,14H,7-9H2,1-5H3/t14-/m0/s1. The molecule has 0 radical (unpaired) electrons. The molecule has 0 unspecified atom stereocenters. The van der Waals surface area contributed by atoms with Gasteiger partial charge in [-0.25, -0.2) is 0 Å². The summed E-state index contributed by atoms with van der Waals surface area (Å²) in [4.78, 5) is 2.39. The van der Waals surface area contributed by atoms with Gasteiger partial charge in [-0.2, -0.15) is 0 Å². The quantitative estimate of drug-likeness (QED) is 0.781. The van der Waals surface area contributed by atoms with Crippen molar-refractivity contribution in [3.63, 3.8) is 0 Å². The molecule has 0 amide bonds. The maximum atomic E-state index is 5.43. The Labute approximate surface area is 127 Å². The van der Waals surface area contributed by atoms with Crippen LogP contribution in [0.5, 0.6) is 17.2 Å². The van der Waals surface area contributed by atoms with Crippen molar-refractivity contribution in [3.05, 3.63) is 29.3 Å². The van der Waals surface area contributed by atoms with Crippen molar-refractivity contribution in [2.45, 2.75) is 25.8 Å². The molecule has 0 aromatic heterocycles. The third-order valence-electron chi connectivity index (χ3n) is 4.10. The summed E-state index contributed by atoms with van der Waals surface area (Å²) in [6.07, 6.45) is 4.37. The minimum Gasteiger partial charge on any atom is -0.493 e. The Morgan fingerprint density at radius 1 is 1.10 bits per heavy atom. The molecule has 1 heterocycles. The van der Waals surface area contributed by atoms with Gasteiger partial charge in [0.1, 0.15) is 0 Å². The van der Waals surface area contributed by atoms with Crippen molar-refractivity contribution in [1.82, 2.24) is 4.90 Å². The number of benzene rings is 1. The lowest BCUT2D eigenvalue weighted by molar-refractivity contribution is 0.248. The maximum Gasteiger partial charge on any atom is 0.203 e. The molecule has 0 saturated carbocycles. The number of likely N-dealkylation sites (N-methyl/N-ethyl adjacent to an activating group) is 1. The van der Waals surface area contributed by atoms with Crippen LogP contribution in [0.2, 0.25) is 0 Å². The lowest BCUT2D eigenvalue weighted by Crippen LogP contribution is -2.36. The van der Waals surface area contributed by atoms with Gasteiger partial charge in [0.05, 0.1) is 21.3 Å². The molecule has 0 bridgehead atoms. The van der Waals surface area contributed by atoms with Crippen molar-refractivity contribution in [1.29, 1.82) is 0 Å². The van der Waals surface area contributed by atoms with Crippen molar-refractivity contribution >= 4 is 0 Å². The molecule has 21 heavy (non-hydrogen) atoms. The van der Waals surface area contributed by atoms with Crippen LogP contribution in [0.25, 0.3) is 0 Å². The number of hydrogen-bond acceptors (Lipinski definition) is 4. The van der Waals surface area contributed by atoms with E-state index in [1.165, 1.54) is 11.1 Å². The summed E-state index contributed by atoms with van der Waals surface area (Å²) < 4.78 is 16.2. The third kappa shape index (κ3) is 3.50. The molecule has 1 aromatic rings. The first-order valence-electron chi connectivity index (χ1n) is 7.23. The topological polar surface area (TPSA) is 30.9 Å². The van der Waals surface area contributed by atoms with Crippen LogP contribution >= 0.6 is 0 Å². The smallest absolute Gasteiger partial charge is 0.203 e. The van der Waals surface area contributed by atoms with Crippen LogP contribution in [0.1, 0.15) is 18.9 Å². The van der Waals surface area contributed by atoms with Crippen LogP contribution in [0.3, 0.4) is 0 Å². The number of methoxy groups -OCH3 is 3. The Hall–Kier alpha value is -1.68. The molecule has 2 rings (SSSR count). The normalized spacial score (nSPS) is 19.1. The van der Waals surface area contributed by atoms with E-state index in [4.69, 9.17) is 14.2 Å². The van der Waals surface area contributed by atoms with Crippen molar-refractivity contribution in [2.75, 3.05) is 34.9 Å². The van der Waals surface area contributed by atoms with Gasteiger partial charge in [0.2, 0.25) is 5.75 Å². The summed E-state index contributed by atoms with van der Waals surface area (Å²) in [5.74, 6) is 2.09. The Bertz CT molecular complexity index is 500. The molecule has 4 heteroatoms. The molecular formula is C17H25NO3. The van der Waals surface area contributed by atoms with E-state index in [2.05, 4.69) is 24.9 Å². The van der Waals surface area contributed by atoms with E-state index in [1.807, 2.05) is 12.1 Å². The summed E-state index contributed by atoms with van der Waals surface area (Å²) in [6.45, 7) is 3.22. The van der Waals surface area contributed by atoms with Gasteiger partial charge in [-0.1, -0.05) is 11.6 Å². The molecule has 0 spiro atoms. The lowest BCUT2D eigenvalue weighted by Gasteiger charge is -2.31. The van der Waals surface area contributed by atoms with Gasteiger partial charge in [-0.15, -0.1) is 0 Å². The van der Waals surface area contributed by atoms with E-state index in [9.17, 15) is 0 Å². The van der Waals surface area contributed by atoms with Gasteiger partial charge in [0, 0.05) is 12.6 Å². The maximum absolute atomic E-state index is 5.43. The van der Waals surface area contributed by atoms with Crippen molar-refractivity contribution in [2.24, 2.45) is 0 Å². The zero-order valence-electron chi connectivity index (χ0n) is 13.6. The van der Waals surface area contributed by atoms with Crippen molar-refractivity contribution < 1.29 is 14.2 Å². The molecule has 1 atom stereocenters. The highest BCUT2D eigenvalue weighted by Gasteiger charge is 2.21. The van der Waals surface area contributed by atoms with E-state index in [0.717, 1.165) is 30.9 Å². The average Bonchev–Trinajstić information content (AvgIpc) is 2.49. The Kier molecular flexibility index (Phi) is 5.12. The summed E-state index contributed by atoms with van der Waals surface area (Å²) in [6, 6.07) is 4.60. The molecule has 1 aliphatic rings. The van der Waals surface area contributed by atoms with E-state index < -0.39 is 0 Å². The summed E-state index contributed by atoms with van der Waals surface area (Å²) in [5.41, 5.74) is 2.67. The van der Waals surface area contributed by atoms with Crippen LogP contribution in [-0.4, -0.2) is 45.9 Å². The molecular weight excluding hydrogens is 266 g/mol. The Morgan fingerprint density at radius 3 is 2.24 bits per heavy atom. The molecule has 116 valence electrons. The Morgan fingerprint density at radius 2 is 1.71 bits per heavy atom. The predicted octanol–water partition coefficient (Wildman–Crippen LogP) is 2.91. The van der Waals surface area contributed by atoms with Gasteiger partial charge < -0.3 is 14.2 Å². The van der Waals surface area contributed by atoms with Gasteiger partial charge >= 0.3 is 0 Å². The van der Waals surface area contributed by atoms with Crippen LogP contribution in [0.15, 0.2) is 23.8 Å². The fraction of sp³-hybridized carbons (Fsp3) is 0.529. The SMILES string of the molecule is COc1cc(C[C@@H]2CC(C)=CCN2C)cc(OC)c1OC.